The Hall–Kier alpha value is -2.35. The molecule has 0 bridgehead atoms. The molecule has 0 aliphatic heterocycles. The maximum atomic E-state index is 9.83. The van der Waals surface area contributed by atoms with E-state index in [1.807, 2.05) is 62.0 Å². The molecule has 0 spiro atoms. The second-order valence-electron chi connectivity index (χ2n) is 5.75. The van der Waals surface area contributed by atoms with Crippen molar-refractivity contribution in [3.05, 3.63) is 48.7 Å². The molecular weight excluding hydrogens is 348 g/mol. The zero-order valence-corrected chi connectivity index (χ0v) is 15.6. The highest BCUT2D eigenvalue weighted by Crippen LogP contribution is 2.24. The van der Waals surface area contributed by atoms with Gasteiger partial charge in [-0.25, -0.2) is 9.97 Å². The smallest absolute Gasteiger partial charge is 0.125 e. The summed E-state index contributed by atoms with van der Waals surface area (Å²) in [5.41, 5.74) is 2.73. The van der Waals surface area contributed by atoms with Gasteiger partial charge in [0.15, 0.2) is 0 Å². The van der Waals surface area contributed by atoms with Gasteiger partial charge in [0.2, 0.25) is 0 Å². The molecule has 26 heavy (non-hydrogen) atoms. The average Bonchev–Trinajstić information content (AvgIpc) is 2.70. The summed E-state index contributed by atoms with van der Waals surface area (Å²) >= 11 is 1.47. The fourth-order valence-electron chi connectivity index (χ4n) is 2.48. The van der Waals surface area contributed by atoms with Crippen LogP contribution in [0.2, 0.25) is 0 Å². The molecule has 6 nitrogen and oxygen atoms in total. The Kier molecular flexibility index (Phi) is 6.27. The number of hydrogen-bond acceptors (Lipinski definition) is 7. The summed E-state index contributed by atoms with van der Waals surface area (Å²) in [6.07, 6.45) is 3.18. The predicted octanol–water partition coefficient (Wildman–Crippen LogP) is 2.95. The maximum Gasteiger partial charge on any atom is 0.125 e. The van der Waals surface area contributed by atoms with Gasteiger partial charge in [-0.05, 0) is 42.7 Å². The summed E-state index contributed by atoms with van der Waals surface area (Å²) in [7, 11) is 1.84. The van der Waals surface area contributed by atoms with Crippen molar-refractivity contribution < 1.29 is 9.84 Å². The first-order chi connectivity index (χ1) is 12.7. The summed E-state index contributed by atoms with van der Waals surface area (Å²) in [4.78, 5) is 9.03. The highest BCUT2D eigenvalue weighted by atomic mass is 32.2. The van der Waals surface area contributed by atoms with Crippen LogP contribution in [0.3, 0.4) is 0 Å². The van der Waals surface area contributed by atoms with Crippen molar-refractivity contribution in [2.24, 2.45) is 0 Å². The number of nitrogens with zero attached hydrogens (tertiary/aromatic N) is 2. The van der Waals surface area contributed by atoms with Crippen molar-refractivity contribution in [1.82, 2.24) is 14.7 Å². The number of ether oxygens (including phenoxy) is 1. The lowest BCUT2D eigenvalue weighted by molar-refractivity contribution is 0.112. The standard InChI is InChI=1S/C19H22N4O2S/c1-20-19-8-4-14(10-21-19)18-6-3-13-9-16(5-7-17(13)23-18)25-12-15(24)11-22-26-2/h3-10,15,22,24H,11-12H2,1-2H3,(H,20,21)/t15-/m1/s1. The van der Waals surface area contributed by atoms with Crippen LogP contribution in [0.4, 0.5) is 5.82 Å². The number of fused-ring (bicyclic) bond motifs is 1. The highest BCUT2D eigenvalue weighted by molar-refractivity contribution is 7.96. The number of anilines is 1. The van der Waals surface area contributed by atoms with Gasteiger partial charge in [0.1, 0.15) is 24.3 Å². The third-order valence-corrected chi connectivity index (χ3v) is 4.34. The zero-order valence-electron chi connectivity index (χ0n) is 14.8. The Morgan fingerprint density at radius 2 is 2.08 bits per heavy atom. The van der Waals surface area contributed by atoms with Gasteiger partial charge < -0.3 is 15.2 Å². The topological polar surface area (TPSA) is 79.3 Å². The zero-order chi connectivity index (χ0) is 18.4. The van der Waals surface area contributed by atoms with Crippen LogP contribution < -0.4 is 14.8 Å². The third-order valence-electron chi connectivity index (χ3n) is 3.88. The molecule has 0 saturated heterocycles. The minimum atomic E-state index is -0.549. The summed E-state index contributed by atoms with van der Waals surface area (Å²) < 4.78 is 8.68. The van der Waals surface area contributed by atoms with Crippen LogP contribution in [-0.2, 0) is 0 Å². The number of hydrogen-bond donors (Lipinski definition) is 3. The first-order valence-electron chi connectivity index (χ1n) is 8.31. The van der Waals surface area contributed by atoms with E-state index in [1.165, 1.54) is 11.9 Å². The maximum absolute atomic E-state index is 9.83. The Labute approximate surface area is 157 Å². The quantitative estimate of drug-likeness (QED) is 0.526. The van der Waals surface area contributed by atoms with Crippen LogP contribution >= 0.6 is 11.9 Å². The number of aliphatic hydroxyl groups is 1. The minimum absolute atomic E-state index is 0.244. The molecule has 3 N–H and O–H groups in total. The molecule has 0 aliphatic rings. The van der Waals surface area contributed by atoms with E-state index in [-0.39, 0.29) is 6.61 Å². The lowest BCUT2D eigenvalue weighted by Crippen LogP contribution is -2.27. The molecule has 0 fully saturated rings. The van der Waals surface area contributed by atoms with Crippen LogP contribution in [0, 0.1) is 0 Å². The molecule has 0 saturated carbocycles. The number of pyridine rings is 2. The van der Waals surface area contributed by atoms with Crippen molar-refractivity contribution in [3.63, 3.8) is 0 Å². The van der Waals surface area contributed by atoms with Gasteiger partial charge in [-0.1, -0.05) is 18.0 Å². The van der Waals surface area contributed by atoms with E-state index in [0.717, 1.165) is 33.7 Å². The van der Waals surface area contributed by atoms with Gasteiger partial charge in [0.25, 0.3) is 0 Å². The fourth-order valence-corrected chi connectivity index (χ4v) is 2.84. The SMILES string of the molecule is CNc1ccc(-c2ccc3cc(OC[C@H](O)CNSC)ccc3n2)cn1. The molecule has 1 atom stereocenters. The predicted molar refractivity (Wildman–Crippen MR) is 108 cm³/mol. The van der Waals surface area contributed by atoms with E-state index in [2.05, 4.69) is 15.0 Å². The summed E-state index contributed by atoms with van der Waals surface area (Å²) in [5.74, 6) is 1.54. The van der Waals surface area contributed by atoms with Crippen LogP contribution in [-0.4, -0.2) is 47.6 Å². The van der Waals surface area contributed by atoms with E-state index in [4.69, 9.17) is 9.72 Å². The van der Waals surface area contributed by atoms with Crippen molar-refractivity contribution in [2.45, 2.75) is 6.10 Å². The Balaban J connectivity index is 1.73. The largest absolute Gasteiger partial charge is 0.491 e. The lowest BCUT2D eigenvalue weighted by Gasteiger charge is -2.12. The average molecular weight is 370 g/mol. The molecular formula is C19H22N4O2S. The van der Waals surface area contributed by atoms with E-state index in [9.17, 15) is 5.11 Å². The first kappa shape index (κ1) is 18.4. The van der Waals surface area contributed by atoms with Crippen LogP contribution in [0.25, 0.3) is 22.2 Å². The Morgan fingerprint density at radius 3 is 2.81 bits per heavy atom. The molecule has 136 valence electrons. The van der Waals surface area contributed by atoms with E-state index in [1.54, 1.807) is 0 Å². The molecule has 0 amide bonds. The van der Waals surface area contributed by atoms with E-state index >= 15 is 0 Å². The van der Waals surface area contributed by atoms with Gasteiger partial charge in [-0.3, -0.25) is 4.72 Å². The summed E-state index contributed by atoms with van der Waals surface area (Å²) in [5, 5.41) is 13.8. The molecule has 2 aromatic heterocycles. The molecule has 0 radical (unpaired) electrons. The molecule has 3 aromatic rings. The van der Waals surface area contributed by atoms with E-state index < -0.39 is 6.10 Å². The third kappa shape index (κ3) is 4.63. The van der Waals surface area contributed by atoms with Crippen LogP contribution in [0.5, 0.6) is 5.75 Å². The molecule has 0 unspecified atom stereocenters. The van der Waals surface area contributed by atoms with Crippen LogP contribution in [0.1, 0.15) is 0 Å². The fraction of sp³-hybridized carbons (Fsp3) is 0.263. The van der Waals surface area contributed by atoms with Crippen LogP contribution in [0.15, 0.2) is 48.7 Å². The number of nitrogens with one attached hydrogen (secondary N) is 2. The molecule has 1 aromatic carbocycles. The number of aliphatic hydroxyl groups excluding tert-OH is 1. The molecule has 7 heteroatoms. The van der Waals surface area contributed by atoms with Gasteiger partial charge in [0.05, 0.1) is 11.2 Å². The number of benzene rings is 1. The summed E-state index contributed by atoms with van der Waals surface area (Å²) in [6.45, 7) is 0.730. The van der Waals surface area contributed by atoms with Gasteiger partial charge in [-0.15, -0.1) is 0 Å². The second kappa shape index (κ2) is 8.84. The number of rotatable bonds is 8. The van der Waals surface area contributed by atoms with Gasteiger partial charge >= 0.3 is 0 Å². The lowest BCUT2D eigenvalue weighted by atomic mass is 10.1. The van der Waals surface area contributed by atoms with Crippen molar-refractivity contribution in [2.75, 3.05) is 31.8 Å². The van der Waals surface area contributed by atoms with Crippen molar-refractivity contribution in [1.29, 1.82) is 0 Å². The first-order valence-corrected chi connectivity index (χ1v) is 9.54. The Morgan fingerprint density at radius 1 is 1.19 bits per heavy atom. The molecule has 2 heterocycles. The van der Waals surface area contributed by atoms with Crippen molar-refractivity contribution >= 4 is 28.7 Å². The Bertz CT molecular complexity index is 858. The molecule has 0 aliphatic carbocycles. The molecule has 3 rings (SSSR count). The minimum Gasteiger partial charge on any atom is -0.491 e. The van der Waals surface area contributed by atoms with E-state index in [0.29, 0.717) is 6.54 Å². The van der Waals surface area contributed by atoms with Gasteiger partial charge in [-0.2, -0.15) is 0 Å². The second-order valence-corrected chi connectivity index (χ2v) is 6.45. The normalized spacial score (nSPS) is 12.1. The summed E-state index contributed by atoms with van der Waals surface area (Å²) in [6, 6.07) is 13.6. The van der Waals surface area contributed by atoms with Crippen molar-refractivity contribution in [3.8, 4) is 17.0 Å². The number of aromatic nitrogens is 2. The monoisotopic (exact) mass is 370 g/mol. The highest BCUT2D eigenvalue weighted by Gasteiger charge is 2.07. The van der Waals surface area contributed by atoms with Gasteiger partial charge in [0, 0.05) is 30.7 Å².